The average molecular weight is 285 g/mol. The summed E-state index contributed by atoms with van der Waals surface area (Å²) in [6.45, 7) is 7.51. The molecule has 0 N–H and O–H groups in total. The number of nitrogens with zero attached hydrogens (tertiary/aromatic N) is 3. The summed E-state index contributed by atoms with van der Waals surface area (Å²) in [5.74, 6) is 0.144. The van der Waals surface area contributed by atoms with Crippen LogP contribution in [-0.2, 0) is 4.79 Å². The number of hydrogen-bond donors (Lipinski definition) is 0. The largest absolute Gasteiger partial charge is 0.341 e. The standard InChI is InChI=1S/C17H23N3O/c1-4-16(17(21)19(5-2)6-3)20-13-12-15(18-20)14-10-8-7-9-11-14/h7-13,16H,4-6H2,1-3H3. The van der Waals surface area contributed by atoms with E-state index in [4.69, 9.17) is 0 Å². The molecule has 0 aliphatic rings. The van der Waals surface area contributed by atoms with E-state index < -0.39 is 0 Å². The molecule has 1 heterocycles. The van der Waals surface area contributed by atoms with Crippen molar-refractivity contribution in [3.8, 4) is 11.3 Å². The first-order chi connectivity index (χ1) is 10.2. The second kappa shape index (κ2) is 7.07. The molecule has 0 aliphatic carbocycles. The van der Waals surface area contributed by atoms with Gasteiger partial charge in [-0.25, -0.2) is 0 Å². The Labute approximate surface area is 126 Å². The lowest BCUT2D eigenvalue weighted by Crippen LogP contribution is -2.37. The second-order valence-corrected chi connectivity index (χ2v) is 4.98. The Morgan fingerprint density at radius 3 is 2.38 bits per heavy atom. The molecule has 112 valence electrons. The van der Waals surface area contributed by atoms with Crippen LogP contribution in [0.5, 0.6) is 0 Å². The minimum atomic E-state index is -0.220. The number of aromatic nitrogens is 2. The van der Waals surface area contributed by atoms with Crippen molar-refractivity contribution in [2.24, 2.45) is 0 Å². The normalized spacial score (nSPS) is 12.1. The maximum Gasteiger partial charge on any atom is 0.247 e. The fourth-order valence-electron chi connectivity index (χ4n) is 2.50. The van der Waals surface area contributed by atoms with E-state index in [-0.39, 0.29) is 11.9 Å². The highest BCUT2D eigenvalue weighted by molar-refractivity contribution is 5.80. The van der Waals surface area contributed by atoms with Gasteiger partial charge in [0.05, 0.1) is 5.69 Å². The van der Waals surface area contributed by atoms with Crippen molar-refractivity contribution in [1.29, 1.82) is 0 Å². The highest BCUT2D eigenvalue weighted by Crippen LogP contribution is 2.20. The van der Waals surface area contributed by atoms with Gasteiger partial charge in [0.15, 0.2) is 0 Å². The predicted octanol–water partition coefficient (Wildman–Crippen LogP) is 3.37. The van der Waals surface area contributed by atoms with E-state index in [1.165, 1.54) is 0 Å². The molecule has 0 spiro atoms. The van der Waals surface area contributed by atoms with E-state index in [1.807, 2.05) is 68.3 Å². The number of hydrogen-bond acceptors (Lipinski definition) is 2. The molecule has 4 heteroatoms. The number of benzene rings is 1. The highest BCUT2D eigenvalue weighted by atomic mass is 16.2. The molecule has 2 aromatic rings. The Bertz CT molecular complexity index is 573. The molecule has 1 aromatic carbocycles. The Hall–Kier alpha value is -2.10. The molecule has 0 radical (unpaired) electrons. The molecule has 1 amide bonds. The zero-order valence-corrected chi connectivity index (χ0v) is 13.0. The van der Waals surface area contributed by atoms with Gasteiger partial charge in [-0.05, 0) is 26.3 Å². The summed E-state index contributed by atoms with van der Waals surface area (Å²) in [6, 6.07) is 11.8. The van der Waals surface area contributed by atoms with Crippen molar-refractivity contribution in [2.45, 2.75) is 33.2 Å². The summed E-state index contributed by atoms with van der Waals surface area (Å²) in [5.41, 5.74) is 1.97. The third-order valence-corrected chi connectivity index (χ3v) is 3.74. The topological polar surface area (TPSA) is 38.1 Å². The van der Waals surface area contributed by atoms with Crippen LogP contribution in [0.15, 0.2) is 42.6 Å². The van der Waals surface area contributed by atoms with Gasteiger partial charge in [-0.2, -0.15) is 5.10 Å². The van der Waals surface area contributed by atoms with Crippen LogP contribution in [0.25, 0.3) is 11.3 Å². The van der Waals surface area contributed by atoms with Gasteiger partial charge >= 0.3 is 0 Å². The average Bonchev–Trinajstić information content (AvgIpc) is 3.00. The zero-order valence-electron chi connectivity index (χ0n) is 13.0. The lowest BCUT2D eigenvalue weighted by Gasteiger charge is -2.24. The van der Waals surface area contributed by atoms with Gasteiger partial charge in [-0.3, -0.25) is 9.48 Å². The van der Waals surface area contributed by atoms with E-state index in [1.54, 1.807) is 4.68 Å². The Balaban J connectivity index is 2.24. The van der Waals surface area contributed by atoms with Crippen LogP contribution in [0.3, 0.4) is 0 Å². The third-order valence-electron chi connectivity index (χ3n) is 3.74. The molecular weight excluding hydrogens is 262 g/mol. The van der Waals surface area contributed by atoms with E-state index in [0.29, 0.717) is 0 Å². The van der Waals surface area contributed by atoms with Crippen LogP contribution in [0.4, 0.5) is 0 Å². The first kappa shape index (κ1) is 15.3. The first-order valence-corrected chi connectivity index (χ1v) is 7.60. The number of likely N-dealkylation sites (N-methyl/N-ethyl adjacent to an activating group) is 1. The Morgan fingerprint density at radius 2 is 1.81 bits per heavy atom. The van der Waals surface area contributed by atoms with Crippen molar-refractivity contribution >= 4 is 5.91 Å². The molecule has 0 aliphatic heterocycles. The predicted molar refractivity (Wildman–Crippen MR) is 84.9 cm³/mol. The van der Waals surface area contributed by atoms with Crippen molar-refractivity contribution in [2.75, 3.05) is 13.1 Å². The Morgan fingerprint density at radius 1 is 1.14 bits per heavy atom. The summed E-state index contributed by atoms with van der Waals surface area (Å²) in [5, 5.41) is 4.59. The highest BCUT2D eigenvalue weighted by Gasteiger charge is 2.23. The lowest BCUT2D eigenvalue weighted by atomic mass is 10.2. The quantitative estimate of drug-likeness (QED) is 0.816. The third kappa shape index (κ3) is 3.32. The second-order valence-electron chi connectivity index (χ2n) is 4.98. The molecule has 1 atom stereocenters. The smallest absolute Gasteiger partial charge is 0.247 e. The molecule has 0 saturated heterocycles. The summed E-state index contributed by atoms with van der Waals surface area (Å²) >= 11 is 0. The van der Waals surface area contributed by atoms with Gasteiger partial charge in [0.2, 0.25) is 5.91 Å². The summed E-state index contributed by atoms with van der Waals surface area (Å²) in [7, 11) is 0. The van der Waals surface area contributed by atoms with Crippen LogP contribution in [0.1, 0.15) is 33.2 Å². The molecule has 0 saturated carbocycles. The van der Waals surface area contributed by atoms with Crippen molar-refractivity contribution in [1.82, 2.24) is 14.7 Å². The van der Waals surface area contributed by atoms with Crippen LogP contribution in [0, 0.1) is 0 Å². The van der Waals surface area contributed by atoms with Crippen LogP contribution in [-0.4, -0.2) is 33.7 Å². The van der Waals surface area contributed by atoms with Gasteiger partial charge in [0, 0.05) is 24.8 Å². The van der Waals surface area contributed by atoms with Gasteiger partial charge in [0.25, 0.3) is 0 Å². The van der Waals surface area contributed by atoms with Crippen LogP contribution < -0.4 is 0 Å². The van der Waals surface area contributed by atoms with Gasteiger partial charge in [-0.15, -0.1) is 0 Å². The number of carbonyl (C=O) groups excluding carboxylic acids is 1. The molecular formula is C17H23N3O. The number of amides is 1. The van der Waals surface area contributed by atoms with E-state index >= 15 is 0 Å². The monoisotopic (exact) mass is 285 g/mol. The van der Waals surface area contributed by atoms with Crippen LogP contribution >= 0.6 is 0 Å². The maximum absolute atomic E-state index is 12.5. The summed E-state index contributed by atoms with van der Waals surface area (Å²) in [6.07, 6.45) is 2.64. The van der Waals surface area contributed by atoms with Crippen molar-refractivity contribution < 1.29 is 4.79 Å². The van der Waals surface area contributed by atoms with Gasteiger partial charge in [-0.1, -0.05) is 37.3 Å². The number of carbonyl (C=O) groups is 1. The first-order valence-electron chi connectivity index (χ1n) is 7.60. The Kier molecular flexibility index (Phi) is 5.14. The SMILES string of the molecule is CCC(C(=O)N(CC)CC)n1ccc(-c2ccccc2)n1. The molecule has 4 nitrogen and oxygen atoms in total. The molecule has 0 fully saturated rings. The summed E-state index contributed by atoms with van der Waals surface area (Å²) in [4.78, 5) is 14.4. The molecule has 1 aromatic heterocycles. The van der Waals surface area contributed by atoms with E-state index in [0.717, 1.165) is 30.8 Å². The molecule has 2 rings (SSSR count). The number of rotatable bonds is 6. The van der Waals surface area contributed by atoms with Gasteiger partial charge < -0.3 is 4.90 Å². The fourth-order valence-corrected chi connectivity index (χ4v) is 2.50. The van der Waals surface area contributed by atoms with Crippen LogP contribution in [0.2, 0.25) is 0 Å². The minimum absolute atomic E-state index is 0.144. The molecule has 1 unspecified atom stereocenters. The summed E-state index contributed by atoms with van der Waals surface area (Å²) < 4.78 is 1.79. The van der Waals surface area contributed by atoms with E-state index in [9.17, 15) is 4.79 Å². The maximum atomic E-state index is 12.5. The van der Waals surface area contributed by atoms with Crippen molar-refractivity contribution in [3.63, 3.8) is 0 Å². The molecule has 0 bridgehead atoms. The van der Waals surface area contributed by atoms with Crippen molar-refractivity contribution in [3.05, 3.63) is 42.6 Å². The fraction of sp³-hybridized carbons (Fsp3) is 0.412. The minimum Gasteiger partial charge on any atom is -0.341 e. The van der Waals surface area contributed by atoms with Gasteiger partial charge in [0.1, 0.15) is 6.04 Å². The zero-order chi connectivity index (χ0) is 15.2. The molecule has 21 heavy (non-hydrogen) atoms. The lowest BCUT2D eigenvalue weighted by molar-refractivity contribution is -0.134. The van der Waals surface area contributed by atoms with E-state index in [2.05, 4.69) is 5.10 Å².